The van der Waals surface area contributed by atoms with Crippen molar-refractivity contribution in [1.82, 2.24) is 10.3 Å². The van der Waals surface area contributed by atoms with E-state index in [-0.39, 0.29) is 11.2 Å². The zero-order valence-corrected chi connectivity index (χ0v) is 11.1. The smallest absolute Gasteiger partial charge is 0.170 e. The first kappa shape index (κ1) is 12.3. The maximum absolute atomic E-state index is 12.8. The molecule has 2 aromatic rings. The number of hydrogen-bond donors (Lipinski definition) is 1. The Bertz CT molecular complexity index is 615. The molecule has 1 saturated heterocycles. The molecule has 3 heteroatoms. The van der Waals surface area contributed by atoms with Crippen LogP contribution >= 0.6 is 0 Å². The van der Waals surface area contributed by atoms with Crippen molar-refractivity contribution in [2.24, 2.45) is 5.41 Å². The third kappa shape index (κ3) is 2.04. The van der Waals surface area contributed by atoms with Gasteiger partial charge in [-0.3, -0.25) is 9.78 Å². The highest BCUT2D eigenvalue weighted by Crippen LogP contribution is 2.33. The quantitative estimate of drug-likeness (QED) is 0.856. The molecule has 1 atom stereocenters. The van der Waals surface area contributed by atoms with E-state index in [0.29, 0.717) is 0 Å². The number of carbonyl (C=O) groups is 1. The molecule has 98 valence electrons. The Labute approximate surface area is 113 Å². The molecular weight excluding hydrogens is 236 g/mol. The third-order valence-corrected chi connectivity index (χ3v) is 4.27. The van der Waals surface area contributed by atoms with Crippen molar-refractivity contribution in [1.29, 1.82) is 0 Å². The molecule has 0 radical (unpaired) electrons. The van der Waals surface area contributed by atoms with Crippen molar-refractivity contribution >= 4 is 16.7 Å². The number of nitrogens with one attached hydrogen (secondary N) is 1. The van der Waals surface area contributed by atoms with Gasteiger partial charge in [0.2, 0.25) is 0 Å². The van der Waals surface area contributed by atoms with Crippen LogP contribution in [0.5, 0.6) is 0 Å². The number of benzene rings is 1. The van der Waals surface area contributed by atoms with Gasteiger partial charge in [-0.05, 0) is 31.5 Å². The van der Waals surface area contributed by atoms with Crippen LogP contribution in [0.15, 0.2) is 36.5 Å². The van der Waals surface area contributed by atoms with Crippen LogP contribution < -0.4 is 5.32 Å². The van der Waals surface area contributed by atoms with Gasteiger partial charge in [0.1, 0.15) is 0 Å². The van der Waals surface area contributed by atoms with Crippen LogP contribution in [0.4, 0.5) is 0 Å². The van der Waals surface area contributed by atoms with Gasteiger partial charge >= 0.3 is 0 Å². The zero-order valence-electron chi connectivity index (χ0n) is 11.1. The van der Waals surface area contributed by atoms with Crippen molar-refractivity contribution in [3.05, 3.63) is 42.1 Å². The maximum Gasteiger partial charge on any atom is 0.170 e. The summed E-state index contributed by atoms with van der Waals surface area (Å²) in [5.41, 5.74) is 1.46. The molecule has 3 nitrogen and oxygen atoms in total. The standard InChI is InChI=1S/C16H18N2O/c1-2-16(7-9-17-11-16)15(19)13-6-5-12-4-3-8-18-14(12)10-13/h3-6,8,10,17H,2,7,9,11H2,1H3. The molecule has 1 aromatic heterocycles. The molecule has 1 aromatic carbocycles. The summed E-state index contributed by atoms with van der Waals surface area (Å²) in [6.07, 6.45) is 3.59. The fourth-order valence-corrected chi connectivity index (χ4v) is 2.91. The summed E-state index contributed by atoms with van der Waals surface area (Å²) in [6, 6.07) is 9.78. The second-order valence-corrected chi connectivity index (χ2v) is 5.30. The van der Waals surface area contributed by atoms with Gasteiger partial charge in [-0.1, -0.05) is 25.1 Å². The number of ketones is 1. The van der Waals surface area contributed by atoms with Crippen molar-refractivity contribution in [3.63, 3.8) is 0 Å². The van der Waals surface area contributed by atoms with E-state index < -0.39 is 0 Å². The van der Waals surface area contributed by atoms with E-state index in [1.165, 1.54) is 0 Å². The first-order chi connectivity index (χ1) is 9.25. The highest BCUT2D eigenvalue weighted by atomic mass is 16.1. The topological polar surface area (TPSA) is 42.0 Å². The Balaban J connectivity index is 2.01. The highest BCUT2D eigenvalue weighted by Gasteiger charge is 2.39. The lowest BCUT2D eigenvalue weighted by molar-refractivity contribution is 0.0810. The number of rotatable bonds is 3. The molecule has 1 aliphatic heterocycles. The maximum atomic E-state index is 12.8. The van der Waals surface area contributed by atoms with E-state index >= 15 is 0 Å². The Morgan fingerprint density at radius 1 is 1.42 bits per heavy atom. The predicted octanol–water partition coefficient (Wildman–Crippen LogP) is 2.81. The number of fused-ring (bicyclic) bond motifs is 1. The summed E-state index contributed by atoms with van der Waals surface area (Å²) in [4.78, 5) is 17.1. The predicted molar refractivity (Wildman–Crippen MR) is 76.3 cm³/mol. The van der Waals surface area contributed by atoms with Crippen LogP contribution in [-0.4, -0.2) is 23.9 Å². The van der Waals surface area contributed by atoms with Gasteiger partial charge in [0, 0.05) is 29.1 Å². The summed E-state index contributed by atoms with van der Waals surface area (Å²) >= 11 is 0. The lowest BCUT2D eigenvalue weighted by atomic mass is 9.77. The minimum atomic E-state index is -0.220. The molecule has 0 spiro atoms. The van der Waals surface area contributed by atoms with Crippen LogP contribution in [0.25, 0.3) is 10.9 Å². The molecule has 3 rings (SSSR count). The van der Waals surface area contributed by atoms with E-state index in [1.807, 2.05) is 30.3 Å². The number of Topliss-reactive ketones (excluding diaryl/α,β-unsaturated/α-hetero) is 1. The number of aromatic nitrogens is 1. The zero-order chi connectivity index (χ0) is 13.3. The summed E-state index contributed by atoms with van der Waals surface area (Å²) in [5, 5.41) is 4.39. The van der Waals surface area contributed by atoms with Gasteiger partial charge in [0.25, 0.3) is 0 Å². The second-order valence-electron chi connectivity index (χ2n) is 5.30. The Kier molecular flexibility index (Phi) is 3.07. The molecule has 0 saturated carbocycles. The molecular formula is C16H18N2O. The van der Waals surface area contributed by atoms with Crippen LogP contribution in [0.3, 0.4) is 0 Å². The first-order valence-electron chi connectivity index (χ1n) is 6.85. The SMILES string of the molecule is CCC1(C(=O)c2ccc3cccnc3c2)CCNC1. The monoisotopic (exact) mass is 254 g/mol. The molecule has 1 aliphatic rings. The molecule has 2 heterocycles. The van der Waals surface area contributed by atoms with Crippen molar-refractivity contribution in [2.75, 3.05) is 13.1 Å². The largest absolute Gasteiger partial charge is 0.316 e. The first-order valence-corrected chi connectivity index (χ1v) is 6.85. The number of carbonyl (C=O) groups excluding carboxylic acids is 1. The van der Waals surface area contributed by atoms with E-state index in [4.69, 9.17) is 0 Å². The van der Waals surface area contributed by atoms with Gasteiger partial charge in [-0.15, -0.1) is 0 Å². The fourth-order valence-electron chi connectivity index (χ4n) is 2.91. The molecule has 1 fully saturated rings. The Morgan fingerprint density at radius 2 is 2.32 bits per heavy atom. The van der Waals surface area contributed by atoms with Crippen LogP contribution in [0.1, 0.15) is 30.1 Å². The summed E-state index contributed by atoms with van der Waals surface area (Å²) in [7, 11) is 0. The molecule has 0 bridgehead atoms. The minimum absolute atomic E-state index is 0.220. The van der Waals surface area contributed by atoms with Crippen LogP contribution in [0.2, 0.25) is 0 Å². The summed E-state index contributed by atoms with van der Waals surface area (Å²) in [6.45, 7) is 3.83. The highest BCUT2D eigenvalue weighted by molar-refractivity contribution is 6.03. The summed E-state index contributed by atoms with van der Waals surface area (Å²) < 4.78 is 0. The molecule has 1 N–H and O–H groups in total. The van der Waals surface area contributed by atoms with Crippen molar-refractivity contribution in [2.45, 2.75) is 19.8 Å². The Hall–Kier alpha value is -1.74. The molecule has 19 heavy (non-hydrogen) atoms. The van der Waals surface area contributed by atoms with Gasteiger partial charge in [-0.25, -0.2) is 0 Å². The minimum Gasteiger partial charge on any atom is -0.316 e. The van der Waals surface area contributed by atoms with Gasteiger partial charge in [0.05, 0.1) is 5.52 Å². The van der Waals surface area contributed by atoms with Gasteiger partial charge in [-0.2, -0.15) is 0 Å². The second kappa shape index (κ2) is 4.74. The average Bonchev–Trinajstić information content (AvgIpc) is 2.96. The molecule has 1 unspecified atom stereocenters. The third-order valence-electron chi connectivity index (χ3n) is 4.27. The fraction of sp³-hybridized carbons (Fsp3) is 0.375. The molecule has 0 aliphatic carbocycles. The number of pyridine rings is 1. The van der Waals surface area contributed by atoms with Gasteiger partial charge < -0.3 is 5.32 Å². The van der Waals surface area contributed by atoms with Crippen LogP contribution in [0, 0.1) is 5.41 Å². The lowest BCUT2D eigenvalue weighted by Gasteiger charge is -2.24. The van der Waals surface area contributed by atoms with E-state index in [9.17, 15) is 4.79 Å². The van der Waals surface area contributed by atoms with Crippen LogP contribution in [-0.2, 0) is 0 Å². The summed E-state index contributed by atoms with van der Waals surface area (Å²) in [5.74, 6) is 0.257. The normalized spacial score (nSPS) is 22.8. The lowest BCUT2D eigenvalue weighted by Crippen LogP contribution is -2.32. The number of nitrogens with zero attached hydrogens (tertiary/aromatic N) is 1. The Morgan fingerprint density at radius 3 is 3.05 bits per heavy atom. The van der Waals surface area contributed by atoms with Crippen molar-refractivity contribution in [3.8, 4) is 0 Å². The average molecular weight is 254 g/mol. The van der Waals surface area contributed by atoms with E-state index in [1.54, 1.807) is 6.20 Å². The number of hydrogen-bond acceptors (Lipinski definition) is 3. The van der Waals surface area contributed by atoms with E-state index in [0.717, 1.165) is 42.4 Å². The van der Waals surface area contributed by atoms with E-state index in [2.05, 4.69) is 17.2 Å². The molecule has 0 amide bonds. The van der Waals surface area contributed by atoms with Gasteiger partial charge in [0.15, 0.2) is 5.78 Å². The van der Waals surface area contributed by atoms with Crippen molar-refractivity contribution < 1.29 is 4.79 Å².